The quantitative estimate of drug-likeness (QED) is 0.657. The third kappa shape index (κ3) is 2.35. The lowest BCUT2D eigenvalue weighted by Gasteiger charge is -1.99. The van der Waals surface area contributed by atoms with E-state index in [4.69, 9.17) is 5.26 Å². The van der Waals surface area contributed by atoms with Gasteiger partial charge in [-0.2, -0.15) is 5.26 Å². The van der Waals surface area contributed by atoms with Crippen molar-refractivity contribution < 1.29 is 4.39 Å². The molecule has 0 unspecified atom stereocenters. The molecule has 0 saturated heterocycles. The fraction of sp³-hybridized carbons (Fsp3) is 0.300. The van der Waals surface area contributed by atoms with Crippen LogP contribution in [0.1, 0.15) is 17.5 Å². The second kappa shape index (κ2) is 3.87. The molecule has 1 aromatic rings. The van der Waals surface area contributed by atoms with Gasteiger partial charge in [-0.15, -0.1) is 0 Å². The highest BCUT2D eigenvalue weighted by Crippen LogP contribution is 2.09. The first-order valence-corrected chi connectivity index (χ1v) is 3.85. The van der Waals surface area contributed by atoms with E-state index < -0.39 is 0 Å². The van der Waals surface area contributed by atoms with E-state index >= 15 is 0 Å². The van der Waals surface area contributed by atoms with Crippen LogP contribution in [0.25, 0.3) is 0 Å². The zero-order valence-electron chi connectivity index (χ0n) is 6.97. The van der Waals surface area contributed by atoms with Crippen LogP contribution in [0.15, 0.2) is 18.2 Å². The van der Waals surface area contributed by atoms with E-state index in [0.717, 1.165) is 11.1 Å². The summed E-state index contributed by atoms with van der Waals surface area (Å²) >= 11 is 0. The van der Waals surface area contributed by atoms with E-state index in [1.807, 2.05) is 19.1 Å². The third-order valence-corrected chi connectivity index (χ3v) is 1.63. The molecular weight excluding hydrogens is 153 g/mol. The van der Waals surface area contributed by atoms with Gasteiger partial charge in [0, 0.05) is 6.42 Å². The van der Waals surface area contributed by atoms with Crippen LogP contribution >= 0.6 is 0 Å². The molecule has 0 bridgehead atoms. The summed E-state index contributed by atoms with van der Waals surface area (Å²) in [6.45, 7) is 1.85. The summed E-state index contributed by atoms with van der Waals surface area (Å²) in [5, 5.41) is 8.32. The minimum absolute atomic E-state index is 0.220. The zero-order chi connectivity index (χ0) is 8.97. The van der Waals surface area contributed by atoms with E-state index in [9.17, 15) is 4.39 Å². The maximum Gasteiger partial charge on any atom is 0.123 e. The fourth-order valence-electron chi connectivity index (χ4n) is 1.16. The summed E-state index contributed by atoms with van der Waals surface area (Å²) in [5.74, 6) is -0.220. The Bertz CT molecular complexity index is 292. The van der Waals surface area contributed by atoms with Gasteiger partial charge in [0.25, 0.3) is 0 Å². The fourth-order valence-corrected chi connectivity index (χ4v) is 1.16. The van der Waals surface area contributed by atoms with E-state index in [1.165, 1.54) is 12.1 Å². The number of rotatable bonds is 2. The van der Waals surface area contributed by atoms with Crippen LogP contribution in [-0.4, -0.2) is 0 Å². The van der Waals surface area contributed by atoms with Gasteiger partial charge in [0.05, 0.1) is 6.07 Å². The van der Waals surface area contributed by atoms with E-state index in [0.29, 0.717) is 12.8 Å². The van der Waals surface area contributed by atoms with Crippen LogP contribution in [0.3, 0.4) is 0 Å². The van der Waals surface area contributed by atoms with Crippen molar-refractivity contribution in [3.05, 3.63) is 35.1 Å². The lowest BCUT2D eigenvalue weighted by molar-refractivity contribution is 0.624. The number of nitrogens with zero attached hydrogens (tertiary/aromatic N) is 1. The monoisotopic (exact) mass is 163 g/mol. The highest BCUT2D eigenvalue weighted by Gasteiger charge is 1.97. The van der Waals surface area contributed by atoms with Crippen molar-refractivity contribution in [3.63, 3.8) is 0 Å². The second-order valence-electron chi connectivity index (χ2n) is 2.79. The molecule has 0 aromatic heterocycles. The van der Waals surface area contributed by atoms with Crippen molar-refractivity contribution in [2.75, 3.05) is 0 Å². The highest BCUT2D eigenvalue weighted by molar-refractivity contribution is 5.23. The molecule has 0 aliphatic carbocycles. The third-order valence-electron chi connectivity index (χ3n) is 1.63. The summed E-state index contributed by atoms with van der Waals surface area (Å²) in [4.78, 5) is 0. The number of hydrogen-bond donors (Lipinski definition) is 0. The molecule has 0 heterocycles. The van der Waals surface area contributed by atoms with Crippen LogP contribution in [-0.2, 0) is 6.42 Å². The Kier molecular flexibility index (Phi) is 2.82. The van der Waals surface area contributed by atoms with E-state index in [1.54, 1.807) is 0 Å². The molecule has 0 fully saturated rings. The average molecular weight is 163 g/mol. The largest absolute Gasteiger partial charge is 0.207 e. The molecule has 0 spiro atoms. The summed E-state index contributed by atoms with van der Waals surface area (Å²) in [6.07, 6.45) is 1.08. The molecule has 0 radical (unpaired) electrons. The first kappa shape index (κ1) is 8.73. The van der Waals surface area contributed by atoms with Crippen molar-refractivity contribution >= 4 is 0 Å². The van der Waals surface area contributed by atoms with Gasteiger partial charge >= 0.3 is 0 Å². The SMILES string of the molecule is Cc1cc(F)cc(CCC#N)c1. The van der Waals surface area contributed by atoms with Crippen LogP contribution in [0.2, 0.25) is 0 Å². The molecule has 1 rings (SSSR count). The molecule has 0 N–H and O–H groups in total. The van der Waals surface area contributed by atoms with Crippen molar-refractivity contribution in [3.8, 4) is 6.07 Å². The lowest BCUT2D eigenvalue weighted by atomic mass is 10.1. The predicted octanol–water partition coefficient (Wildman–Crippen LogP) is 2.59. The topological polar surface area (TPSA) is 23.8 Å². The first-order valence-electron chi connectivity index (χ1n) is 3.85. The van der Waals surface area contributed by atoms with Gasteiger partial charge in [0.2, 0.25) is 0 Å². The van der Waals surface area contributed by atoms with Crippen molar-refractivity contribution in [1.29, 1.82) is 5.26 Å². The molecule has 0 aliphatic rings. The Morgan fingerprint density at radius 2 is 2.17 bits per heavy atom. The van der Waals surface area contributed by atoms with E-state index in [2.05, 4.69) is 0 Å². The Hall–Kier alpha value is -1.36. The molecule has 0 amide bonds. The minimum atomic E-state index is -0.220. The van der Waals surface area contributed by atoms with Gasteiger partial charge < -0.3 is 0 Å². The van der Waals surface area contributed by atoms with Crippen molar-refractivity contribution in [1.82, 2.24) is 0 Å². The predicted molar refractivity (Wildman–Crippen MR) is 45.1 cm³/mol. The summed E-state index contributed by atoms with van der Waals surface area (Å²) in [5.41, 5.74) is 1.80. The second-order valence-corrected chi connectivity index (χ2v) is 2.79. The molecule has 12 heavy (non-hydrogen) atoms. The molecule has 0 aliphatic heterocycles. The lowest BCUT2D eigenvalue weighted by Crippen LogP contribution is -1.87. The Labute approximate surface area is 71.4 Å². The normalized spacial score (nSPS) is 9.42. The van der Waals surface area contributed by atoms with Gasteiger partial charge in [-0.05, 0) is 36.6 Å². The van der Waals surface area contributed by atoms with Gasteiger partial charge in [0.15, 0.2) is 0 Å². The highest BCUT2D eigenvalue weighted by atomic mass is 19.1. The number of hydrogen-bond acceptors (Lipinski definition) is 1. The van der Waals surface area contributed by atoms with Gasteiger partial charge in [-0.3, -0.25) is 0 Å². The number of halogens is 1. The molecule has 1 aromatic carbocycles. The van der Waals surface area contributed by atoms with Gasteiger partial charge in [0.1, 0.15) is 5.82 Å². The van der Waals surface area contributed by atoms with Gasteiger partial charge in [-0.1, -0.05) is 6.07 Å². The maximum atomic E-state index is 12.8. The first-order chi connectivity index (χ1) is 5.72. The van der Waals surface area contributed by atoms with Gasteiger partial charge in [-0.25, -0.2) is 4.39 Å². The summed E-state index contributed by atoms with van der Waals surface area (Å²) in [6, 6.07) is 6.89. The molecule has 2 heteroatoms. The average Bonchev–Trinajstić information content (AvgIpc) is 1.99. The molecule has 0 saturated carbocycles. The number of benzene rings is 1. The molecular formula is C10H10FN. The minimum Gasteiger partial charge on any atom is -0.207 e. The molecule has 0 atom stereocenters. The Morgan fingerprint density at radius 1 is 1.42 bits per heavy atom. The van der Waals surface area contributed by atoms with Crippen LogP contribution in [0.5, 0.6) is 0 Å². The van der Waals surface area contributed by atoms with Crippen LogP contribution in [0.4, 0.5) is 4.39 Å². The van der Waals surface area contributed by atoms with Crippen LogP contribution < -0.4 is 0 Å². The Morgan fingerprint density at radius 3 is 2.75 bits per heavy atom. The molecule has 1 nitrogen and oxygen atoms in total. The zero-order valence-corrected chi connectivity index (χ0v) is 6.97. The maximum absolute atomic E-state index is 12.8. The standard InChI is InChI=1S/C10H10FN/c1-8-5-9(3-2-4-12)7-10(11)6-8/h5-7H,2-3H2,1H3. The number of nitriles is 1. The smallest absolute Gasteiger partial charge is 0.123 e. The van der Waals surface area contributed by atoms with Crippen molar-refractivity contribution in [2.24, 2.45) is 0 Å². The summed E-state index contributed by atoms with van der Waals surface area (Å²) in [7, 11) is 0. The van der Waals surface area contributed by atoms with Crippen molar-refractivity contribution in [2.45, 2.75) is 19.8 Å². The van der Waals surface area contributed by atoms with Crippen LogP contribution in [0, 0.1) is 24.1 Å². The summed E-state index contributed by atoms with van der Waals surface area (Å²) < 4.78 is 12.8. The molecule has 62 valence electrons. The number of aryl methyl sites for hydroxylation is 2. The van der Waals surface area contributed by atoms with E-state index in [-0.39, 0.29) is 5.82 Å². The Balaban J connectivity index is 2.80.